The molecule has 0 radical (unpaired) electrons. The molecular weight excluding hydrogens is 765 g/mol. The Bertz CT molecular complexity index is 3400. The smallest absolute Gasteiger partial charge is 0.164 e. The van der Waals surface area contributed by atoms with Gasteiger partial charge in [0.1, 0.15) is 0 Å². The van der Waals surface area contributed by atoms with Crippen LogP contribution in [0.15, 0.2) is 231 Å². The van der Waals surface area contributed by atoms with Crippen LogP contribution < -0.4 is 0 Å². The van der Waals surface area contributed by atoms with Crippen LogP contribution in [0.2, 0.25) is 0 Å². The Labute approximate surface area is 365 Å². The third-order valence-corrected chi connectivity index (χ3v) is 12.6. The van der Waals surface area contributed by atoms with E-state index in [9.17, 15) is 0 Å². The molecule has 0 spiro atoms. The summed E-state index contributed by atoms with van der Waals surface area (Å²) in [6, 6.07) is 81.8. The summed E-state index contributed by atoms with van der Waals surface area (Å²) >= 11 is 0. The number of pyridine rings is 1. The molecule has 9 aromatic carbocycles. The minimum atomic E-state index is -0.537. The molecule has 2 heterocycles. The Kier molecular flexibility index (Phi) is 8.68. The Morgan fingerprint density at radius 3 is 1.40 bits per heavy atom. The van der Waals surface area contributed by atoms with Gasteiger partial charge < -0.3 is 0 Å². The molecular formula is C59H38N4. The molecule has 1 aliphatic rings. The fraction of sp³-hybridized carbons (Fsp3) is 0.0169. The van der Waals surface area contributed by atoms with Crippen LogP contribution in [-0.2, 0) is 5.41 Å². The van der Waals surface area contributed by atoms with Crippen molar-refractivity contribution in [1.82, 2.24) is 19.9 Å². The fourth-order valence-corrected chi connectivity index (χ4v) is 9.84. The molecule has 2 aromatic heterocycles. The second kappa shape index (κ2) is 15.0. The summed E-state index contributed by atoms with van der Waals surface area (Å²) < 4.78 is 0. The Balaban J connectivity index is 1.17. The highest BCUT2D eigenvalue weighted by molar-refractivity contribution is 6.11. The van der Waals surface area contributed by atoms with Gasteiger partial charge in [-0.1, -0.05) is 206 Å². The van der Waals surface area contributed by atoms with Gasteiger partial charge in [-0.2, -0.15) is 0 Å². The van der Waals surface area contributed by atoms with Gasteiger partial charge >= 0.3 is 0 Å². The van der Waals surface area contributed by atoms with Gasteiger partial charge in [0.05, 0.1) is 16.6 Å². The third-order valence-electron chi connectivity index (χ3n) is 12.6. The van der Waals surface area contributed by atoms with Crippen molar-refractivity contribution in [3.05, 3.63) is 253 Å². The van der Waals surface area contributed by atoms with Gasteiger partial charge in [-0.25, -0.2) is 19.9 Å². The lowest BCUT2D eigenvalue weighted by Gasteiger charge is -2.34. The molecule has 294 valence electrons. The van der Waals surface area contributed by atoms with E-state index in [1.807, 2.05) is 36.4 Å². The first-order valence-electron chi connectivity index (χ1n) is 21.4. The van der Waals surface area contributed by atoms with Crippen molar-refractivity contribution in [2.75, 3.05) is 0 Å². The van der Waals surface area contributed by atoms with E-state index in [1.54, 1.807) is 0 Å². The Morgan fingerprint density at radius 1 is 0.286 bits per heavy atom. The van der Waals surface area contributed by atoms with Crippen LogP contribution >= 0.6 is 0 Å². The number of hydrogen-bond donors (Lipinski definition) is 0. The molecule has 1 aliphatic carbocycles. The van der Waals surface area contributed by atoms with E-state index in [-0.39, 0.29) is 0 Å². The maximum Gasteiger partial charge on any atom is 0.164 e. The van der Waals surface area contributed by atoms with E-state index in [0.29, 0.717) is 17.5 Å². The minimum Gasteiger partial charge on any atom is -0.247 e. The summed E-state index contributed by atoms with van der Waals surface area (Å²) in [4.78, 5) is 21.0. The van der Waals surface area contributed by atoms with Crippen LogP contribution in [0, 0.1) is 0 Å². The monoisotopic (exact) mass is 802 g/mol. The predicted molar refractivity (Wildman–Crippen MR) is 257 cm³/mol. The lowest BCUT2D eigenvalue weighted by atomic mass is 9.67. The summed E-state index contributed by atoms with van der Waals surface area (Å²) in [5.74, 6) is 1.82. The van der Waals surface area contributed by atoms with Crippen molar-refractivity contribution >= 4 is 21.7 Å². The Hall–Kier alpha value is -8.34. The summed E-state index contributed by atoms with van der Waals surface area (Å²) in [5.41, 5.74) is 14.6. The molecule has 12 rings (SSSR count). The molecule has 0 fully saturated rings. The molecule has 0 amide bonds. The van der Waals surface area contributed by atoms with E-state index >= 15 is 0 Å². The quantitative estimate of drug-likeness (QED) is 0.151. The first-order chi connectivity index (χ1) is 31.2. The summed E-state index contributed by atoms with van der Waals surface area (Å²) in [5, 5.41) is 3.37. The highest BCUT2D eigenvalue weighted by Gasteiger charge is 2.46. The highest BCUT2D eigenvalue weighted by atomic mass is 15.0. The molecule has 0 unspecified atom stereocenters. The van der Waals surface area contributed by atoms with Crippen molar-refractivity contribution in [2.24, 2.45) is 0 Å². The maximum atomic E-state index is 5.43. The standard InChI is InChI=1S/C59H38N4/c1-5-20-39(21-6-1)56-61-57(40-22-7-2-8-23-40)63-58(62-56)43-37-41(36-42(38-43)55-49-30-14-13-28-47(49)48-29-16-18-35-53(48)60-55)46-32-19-34-52-54(46)50-31-15-17-33-51(50)59(52,44-24-9-3-10-25-44)45-26-11-4-12-27-45/h1-38H. The van der Waals surface area contributed by atoms with Crippen LogP contribution in [0.4, 0.5) is 0 Å². The van der Waals surface area contributed by atoms with Crippen LogP contribution in [-0.4, -0.2) is 19.9 Å². The zero-order chi connectivity index (χ0) is 41.7. The number of fused-ring (bicyclic) bond motifs is 6. The maximum absolute atomic E-state index is 5.43. The zero-order valence-corrected chi connectivity index (χ0v) is 34.2. The van der Waals surface area contributed by atoms with Crippen molar-refractivity contribution < 1.29 is 0 Å². The zero-order valence-electron chi connectivity index (χ0n) is 34.2. The number of hydrogen-bond acceptors (Lipinski definition) is 4. The molecule has 0 saturated heterocycles. The van der Waals surface area contributed by atoms with E-state index < -0.39 is 5.41 Å². The SMILES string of the molecule is c1ccc(-c2nc(-c3ccccc3)nc(-c3cc(-c4cccc5c4-c4ccccc4C5(c4ccccc4)c4ccccc4)cc(-c4nc5ccccc5c5ccccc45)c3)n2)cc1. The van der Waals surface area contributed by atoms with Gasteiger partial charge in [0, 0.05) is 33.0 Å². The first kappa shape index (κ1) is 36.5. The number of benzene rings is 9. The van der Waals surface area contributed by atoms with Gasteiger partial charge in [-0.3, -0.25) is 0 Å². The van der Waals surface area contributed by atoms with Crippen molar-refractivity contribution in [1.29, 1.82) is 0 Å². The summed E-state index contributed by atoms with van der Waals surface area (Å²) in [7, 11) is 0. The lowest BCUT2D eigenvalue weighted by Crippen LogP contribution is -2.28. The molecule has 4 nitrogen and oxygen atoms in total. The molecule has 0 bridgehead atoms. The number of rotatable bonds is 7. The topological polar surface area (TPSA) is 51.6 Å². The van der Waals surface area contributed by atoms with E-state index in [2.05, 4.69) is 194 Å². The van der Waals surface area contributed by atoms with Gasteiger partial charge in [0.15, 0.2) is 17.5 Å². The average Bonchev–Trinajstić information content (AvgIpc) is 3.68. The predicted octanol–water partition coefficient (Wildman–Crippen LogP) is 14.3. The molecule has 4 heteroatoms. The van der Waals surface area contributed by atoms with Crippen LogP contribution in [0.1, 0.15) is 22.3 Å². The second-order valence-corrected chi connectivity index (χ2v) is 16.1. The minimum absolute atomic E-state index is 0.537. The first-order valence-corrected chi connectivity index (χ1v) is 21.4. The summed E-state index contributed by atoms with van der Waals surface area (Å²) in [6.07, 6.45) is 0. The molecule has 0 aliphatic heterocycles. The van der Waals surface area contributed by atoms with E-state index in [4.69, 9.17) is 19.9 Å². The van der Waals surface area contributed by atoms with Crippen LogP contribution in [0.5, 0.6) is 0 Å². The van der Waals surface area contributed by atoms with Crippen molar-refractivity contribution in [3.63, 3.8) is 0 Å². The number of aromatic nitrogens is 4. The van der Waals surface area contributed by atoms with Crippen molar-refractivity contribution in [2.45, 2.75) is 5.41 Å². The average molecular weight is 803 g/mol. The molecule has 0 atom stereocenters. The number of para-hydroxylation sites is 1. The summed E-state index contributed by atoms with van der Waals surface area (Å²) in [6.45, 7) is 0. The molecule has 0 N–H and O–H groups in total. The van der Waals surface area contributed by atoms with Crippen LogP contribution in [0.3, 0.4) is 0 Å². The van der Waals surface area contributed by atoms with Gasteiger partial charge in [0.2, 0.25) is 0 Å². The molecule has 63 heavy (non-hydrogen) atoms. The number of nitrogens with zero attached hydrogens (tertiary/aromatic N) is 4. The highest BCUT2D eigenvalue weighted by Crippen LogP contribution is 2.58. The van der Waals surface area contributed by atoms with Gasteiger partial charge in [-0.05, 0) is 74.2 Å². The largest absolute Gasteiger partial charge is 0.247 e. The van der Waals surface area contributed by atoms with E-state index in [0.717, 1.165) is 60.8 Å². The van der Waals surface area contributed by atoms with Crippen LogP contribution in [0.25, 0.3) is 89.4 Å². The van der Waals surface area contributed by atoms with Gasteiger partial charge in [0.25, 0.3) is 0 Å². The molecule has 11 aromatic rings. The normalized spacial score (nSPS) is 12.6. The Morgan fingerprint density at radius 2 is 0.746 bits per heavy atom. The van der Waals surface area contributed by atoms with Crippen molar-refractivity contribution in [3.8, 4) is 67.7 Å². The van der Waals surface area contributed by atoms with Gasteiger partial charge in [-0.15, -0.1) is 0 Å². The third kappa shape index (κ3) is 5.99. The fourth-order valence-electron chi connectivity index (χ4n) is 9.84. The second-order valence-electron chi connectivity index (χ2n) is 16.1. The molecule has 0 saturated carbocycles. The van der Waals surface area contributed by atoms with E-state index in [1.165, 1.54) is 33.4 Å². The lowest BCUT2D eigenvalue weighted by molar-refractivity contribution is 0.768.